The number of nitrogens with zero attached hydrogens (tertiary/aromatic N) is 1. The number of aromatic nitrogens is 2. The van der Waals surface area contributed by atoms with Gasteiger partial charge in [-0.1, -0.05) is 19.1 Å². The largest absolute Gasteiger partial charge is 0.454 e. The lowest BCUT2D eigenvalue weighted by molar-refractivity contribution is -0.149. The third-order valence-corrected chi connectivity index (χ3v) is 2.78. The molecule has 0 saturated heterocycles. The molecule has 1 atom stereocenters. The van der Waals surface area contributed by atoms with Gasteiger partial charge in [-0.2, -0.15) is 0 Å². The quantitative estimate of drug-likeness (QED) is 0.856. The molecule has 0 fully saturated rings. The van der Waals surface area contributed by atoms with Crippen LogP contribution in [-0.2, 0) is 9.53 Å². The van der Waals surface area contributed by atoms with Crippen LogP contribution in [0.25, 0.3) is 10.9 Å². The molecule has 0 unspecified atom stereocenters. The van der Waals surface area contributed by atoms with Crippen LogP contribution >= 0.6 is 0 Å². The van der Waals surface area contributed by atoms with Crippen molar-refractivity contribution in [3.05, 3.63) is 40.4 Å². The minimum absolute atomic E-state index is 0.223. The van der Waals surface area contributed by atoms with Gasteiger partial charge >= 0.3 is 5.97 Å². The number of ether oxygens (including phenoxy) is 1. The third kappa shape index (κ3) is 2.99. The van der Waals surface area contributed by atoms with Crippen molar-refractivity contribution < 1.29 is 9.53 Å². The minimum atomic E-state index is -0.559. The van der Waals surface area contributed by atoms with Gasteiger partial charge in [0.2, 0.25) is 0 Å². The summed E-state index contributed by atoms with van der Waals surface area (Å²) in [5.74, 6) is 0.0824. The van der Waals surface area contributed by atoms with Gasteiger partial charge in [0, 0.05) is 6.42 Å². The van der Waals surface area contributed by atoms with Crippen molar-refractivity contribution >= 4 is 16.9 Å². The average Bonchev–Trinajstić information content (AvgIpc) is 2.39. The smallest absolute Gasteiger partial charge is 0.306 e. The van der Waals surface area contributed by atoms with E-state index < -0.39 is 6.10 Å². The zero-order valence-corrected chi connectivity index (χ0v) is 11.0. The summed E-state index contributed by atoms with van der Waals surface area (Å²) in [5.41, 5.74) is 0.374. The fraction of sp³-hybridized carbons (Fsp3) is 0.357. The molecular weight excluding hydrogens is 244 g/mol. The van der Waals surface area contributed by atoms with E-state index in [0.29, 0.717) is 23.1 Å². The number of rotatable bonds is 4. The van der Waals surface area contributed by atoms with Gasteiger partial charge in [0.05, 0.1) is 10.9 Å². The molecule has 0 amide bonds. The minimum Gasteiger partial charge on any atom is -0.454 e. The molecule has 0 radical (unpaired) electrons. The van der Waals surface area contributed by atoms with Crippen molar-refractivity contribution in [2.24, 2.45) is 0 Å². The summed E-state index contributed by atoms with van der Waals surface area (Å²) in [6.07, 6.45) is 0.534. The number of carbonyl (C=O) groups is 1. The molecule has 2 aromatic rings. The number of aromatic amines is 1. The molecule has 0 spiro atoms. The van der Waals surface area contributed by atoms with Crippen molar-refractivity contribution in [1.29, 1.82) is 0 Å². The predicted molar refractivity (Wildman–Crippen MR) is 71.8 cm³/mol. The highest BCUT2D eigenvalue weighted by Crippen LogP contribution is 2.15. The number of benzene rings is 1. The molecule has 0 aliphatic heterocycles. The first-order chi connectivity index (χ1) is 9.11. The Morgan fingerprint density at radius 3 is 2.89 bits per heavy atom. The Bertz CT molecular complexity index is 648. The highest BCUT2D eigenvalue weighted by Gasteiger charge is 2.14. The number of hydrogen-bond donors (Lipinski definition) is 1. The Balaban J connectivity index is 2.30. The molecule has 0 saturated carbocycles. The zero-order chi connectivity index (χ0) is 13.8. The van der Waals surface area contributed by atoms with Crippen LogP contribution in [0.15, 0.2) is 29.1 Å². The summed E-state index contributed by atoms with van der Waals surface area (Å²) < 4.78 is 5.21. The maximum atomic E-state index is 11.9. The first kappa shape index (κ1) is 13.3. The summed E-state index contributed by atoms with van der Waals surface area (Å²) >= 11 is 0. The second kappa shape index (κ2) is 5.65. The zero-order valence-electron chi connectivity index (χ0n) is 11.0. The number of para-hydroxylation sites is 1. The maximum Gasteiger partial charge on any atom is 0.306 e. The molecule has 0 aliphatic carbocycles. The number of hydrogen-bond acceptors (Lipinski definition) is 4. The van der Waals surface area contributed by atoms with Gasteiger partial charge in [0.15, 0.2) is 11.9 Å². The fourth-order valence-corrected chi connectivity index (χ4v) is 1.81. The second-order valence-corrected chi connectivity index (χ2v) is 4.35. The SMILES string of the molecule is CCCC(=O)O[C@H](C)c1nc2ccccc2c(=O)[nH]1. The van der Waals surface area contributed by atoms with Crippen LogP contribution in [0.4, 0.5) is 0 Å². The third-order valence-electron chi connectivity index (χ3n) is 2.78. The molecule has 0 bridgehead atoms. The highest BCUT2D eigenvalue weighted by atomic mass is 16.5. The molecule has 5 nitrogen and oxygen atoms in total. The molecule has 5 heteroatoms. The number of nitrogens with one attached hydrogen (secondary N) is 1. The van der Waals surface area contributed by atoms with Crippen LogP contribution in [0, 0.1) is 0 Å². The molecule has 100 valence electrons. The van der Waals surface area contributed by atoms with E-state index in [1.807, 2.05) is 13.0 Å². The number of H-pyrrole nitrogens is 1. The van der Waals surface area contributed by atoms with E-state index in [1.54, 1.807) is 25.1 Å². The molecule has 1 aromatic heterocycles. The summed E-state index contributed by atoms with van der Waals surface area (Å²) in [5, 5.41) is 0.526. The second-order valence-electron chi connectivity index (χ2n) is 4.35. The summed E-state index contributed by atoms with van der Waals surface area (Å²) in [6.45, 7) is 3.60. The molecule has 1 aromatic carbocycles. The summed E-state index contributed by atoms with van der Waals surface area (Å²) in [4.78, 5) is 30.3. The topological polar surface area (TPSA) is 72.0 Å². The van der Waals surface area contributed by atoms with Gasteiger partial charge in [-0.25, -0.2) is 4.98 Å². The molecule has 1 heterocycles. The molecule has 0 aliphatic rings. The van der Waals surface area contributed by atoms with Crippen LogP contribution in [-0.4, -0.2) is 15.9 Å². The number of fused-ring (bicyclic) bond motifs is 1. The molecule has 19 heavy (non-hydrogen) atoms. The maximum absolute atomic E-state index is 11.9. The van der Waals surface area contributed by atoms with E-state index >= 15 is 0 Å². The van der Waals surface area contributed by atoms with Crippen molar-refractivity contribution in [3.8, 4) is 0 Å². The van der Waals surface area contributed by atoms with Gasteiger partial charge in [0.25, 0.3) is 5.56 Å². The van der Waals surface area contributed by atoms with Gasteiger partial charge in [-0.05, 0) is 25.5 Å². The Morgan fingerprint density at radius 2 is 2.16 bits per heavy atom. The van der Waals surface area contributed by atoms with Crippen LogP contribution in [0.3, 0.4) is 0 Å². The van der Waals surface area contributed by atoms with E-state index in [4.69, 9.17) is 4.74 Å². The normalized spacial score (nSPS) is 12.3. The monoisotopic (exact) mass is 260 g/mol. The molecule has 1 N–H and O–H groups in total. The van der Waals surface area contributed by atoms with Gasteiger partial charge in [0.1, 0.15) is 0 Å². The lowest BCUT2D eigenvalue weighted by Gasteiger charge is -2.12. The first-order valence-corrected chi connectivity index (χ1v) is 6.30. The number of carbonyl (C=O) groups excluding carboxylic acids is 1. The van der Waals surface area contributed by atoms with E-state index in [1.165, 1.54) is 0 Å². The van der Waals surface area contributed by atoms with Gasteiger partial charge in [-0.3, -0.25) is 9.59 Å². The van der Waals surface area contributed by atoms with Crippen molar-refractivity contribution in [1.82, 2.24) is 9.97 Å². The Kier molecular flexibility index (Phi) is 3.94. The van der Waals surface area contributed by atoms with E-state index in [9.17, 15) is 9.59 Å². The average molecular weight is 260 g/mol. The van der Waals surface area contributed by atoms with Crippen LogP contribution in [0.1, 0.15) is 38.6 Å². The van der Waals surface area contributed by atoms with Gasteiger partial charge < -0.3 is 9.72 Å². The van der Waals surface area contributed by atoms with E-state index in [-0.39, 0.29) is 11.5 Å². The summed E-state index contributed by atoms with van der Waals surface area (Å²) in [7, 11) is 0. The first-order valence-electron chi connectivity index (χ1n) is 6.30. The molecular formula is C14H16N2O3. The van der Waals surface area contributed by atoms with Crippen molar-refractivity contribution in [2.45, 2.75) is 32.8 Å². The highest BCUT2D eigenvalue weighted by molar-refractivity contribution is 5.77. The lowest BCUT2D eigenvalue weighted by Crippen LogP contribution is -2.17. The summed E-state index contributed by atoms with van der Waals surface area (Å²) in [6, 6.07) is 7.06. The Hall–Kier alpha value is -2.17. The Labute approximate surface area is 110 Å². The van der Waals surface area contributed by atoms with E-state index in [0.717, 1.165) is 6.42 Å². The van der Waals surface area contributed by atoms with Crippen molar-refractivity contribution in [2.75, 3.05) is 0 Å². The van der Waals surface area contributed by atoms with Crippen molar-refractivity contribution in [3.63, 3.8) is 0 Å². The lowest BCUT2D eigenvalue weighted by atomic mass is 10.2. The van der Waals surface area contributed by atoms with Gasteiger partial charge in [-0.15, -0.1) is 0 Å². The standard InChI is InChI=1S/C14H16N2O3/c1-3-6-12(17)19-9(2)13-15-11-8-5-4-7-10(11)14(18)16-13/h4-5,7-9H,3,6H2,1-2H3,(H,15,16,18)/t9-/m1/s1. The predicted octanol–water partition coefficient (Wildman–Crippen LogP) is 2.33. The van der Waals surface area contributed by atoms with Crippen LogP contribution in [0.2, 0.25) is 0 Å². The van der Waals surface area contributed by atoms with Crippen LogP contribution < -0.4 is 5.56 Å². The number of esters is 1. The van der Waals surface area contributed by atoms with E-state index in [2.05, 4.69) is 9.97 Å². The molecule has 2 rings (SSSR count). The fourth-order valence-electron chi connectivity index (χ4n) is 1.81. The Morgan fingerprint density at radius 1 is 1.42 bits per heavy atom. The van der Waals surface area contributed by atoms with Crippen LogP contribution in [0.5, 0.6) is 0 Å².